The standard InChI is InChI=1S/C11H19NO3S/c13-10(14)11(15)4-1-5-12(8-11)9-2-6-16-7-3-9/h9,15H,1-8H2,(H,13,14). The molecule has 2 heterocycles. The van der Waals surface area contributed by atoms with Crippen LogP contribution in [0.4, 0.5) is 0 Å². The Hall–Kier alpha value is -0.260. The van der Waals surface area contributed by atoms with E-state index in [0.717, 1.165) is 37.3 Å². The molecule has 1 unspecified atom stereocenters. The van der Waals surface area contributed by atoms with Gasteiger partial charge in [0.05, 0.1) is 0 Å². The minimum atomic E-state index is -1.51. The number of β-amino-alcohol motifs (C(OH)–C–C–N with tert-alkyl or cyclic N) is 1. The zero-order chi connectivity index (χ0) is 11.6. The van der Waals surface area contributed by atoms with Crippen molar-refractivity contribution in [2.24, 2.45) is 0 Å². The zero-order valence-electron chi connectivity index (χ0n) is 9.39. The molecule has 0 bridgehead atoms. The van der Waals surface area contributed by atoms with E-state index in [0.29, 0.717) is 19.0 Å². The van der Waals surface area contributed by atoms with Gasteiger partial charge in [0.15, 0.2) is 5.60 Å². The van der Waals surface area contributed by atoms with Gasteiger partial charge >= 0.3 is 5.97 Å². The summed E-state index contributed by atoms with van der Waals surface area (Å²) in [6.07, 6.45) is 3.42. The molecule has 5 heteroatoms. The summed E-state index contributed by atoms with van der Waals surface area (Å²) in [6.45, 7) is 1.24. The number of piperidine rings is 1. The molecule has 1 atom stereocenters. The van der Waals surface area contributed by atoms with Crippen LogP contribution in [0.5, 0.6) is 0 Å². The molecule has 0 spiro atoms. The number of nitrogens with zero attached hydrogens (tertiary/aromatic N) is 1. The lowest BCUT2D eigenvalue weighted by molar-refractivity contribution is -0.165. The molecule has 2 rings (SSSR count). The van der Waals surface area contributed by atoms with Crippen molar-refractivity contribution < 1.29 is 15.0 Å². The van der Waals surface area contributed by atoms with Crippen molar-refractivity contribution in [2.45, 2.75) is 37.3 Å². The minimum absolute atomic E-state index is 0.303. The van der Waals surface area contributed by atoms with Crippen molar-refractivity contribution in [3.05, 3.63) is 0 Å². The lowest BCUT2D eigenvalue weighted by Crippen LogP contribution is -2.56. The van der Waals surface area contributed by atoms with Gasteiger partial charge in [-0.05, 0) is 43.7 Å². The molecule has 2 aliphatic heterocycles. The van der Waals surface area contributed by atoms with Gasteiger partial charge in [-0.3, -0.25) is 4.90 Å². The fourth-order valence-corrected chi connectivity index (χ4v) is 3.69. The van der Waals surface area contributed by atoms with Crippen LogP contribution in [0.3, 0.4) is 0 Å². The molecule has 2 fully saturated rings. The van der Waals surface area contributed by atoms with Crippen LogP contribution in [0.2, 0.25) is 0 Å². The Kier molecular flexibility index (Phi) is 3.77. The second-order valence-electron chi connectivity index (χ2n) is 4.75. The molecular weight excluding hydrogens is 226 g/mol. The Labute approximate surface area is 100 Å². The molecule has 0 aliphatic carbocycles. The number of hydrogen-bond donors (Lipinski definition) is 2. The zero-order valence-corrected chi connectivity index (χ0v) is 10.2. The average Bonchev–Trinajstić information content (AvgIpc) is 2.30. The molecular formula is C11H19NO3S. The maximum Gasteiger partial charge on any atom is 0.337 e. The molecule has 2 N–H and O–H groups in total. The van der Waals surface area contributed by atoms with Crippen molar-refractivity contribution in [3.63, 3.8) is 0 Å². The summed E-state index contributed by atoms with van der Waals surface area (Å²) in [5.74, 6) is 1.25. The van der Waals surface area contributed by atoms with Crippen molar-refractivity contribution in [1.29, 1.82) is 0 Å². The van der Waals surface area contributed by atoms with Crippen LogP contribution >= 0.6 is 11.8 Å². The fraction of sp³-hybridized carbons (Fsp3) is 0.909. The molecule has 2 aliphatic rings. The topological polar surface area (TPSA) is 60.8 Å². The Balaban J connectivity index is 1.98. The molecule has 16 heavy (non-hydrogen) atoms. The van der Waals surface area contributed by atoms with Gasteiger partial charge in [0, 0.05) is 12.6 Å². The van der Waals surface area contributed by atoms with Gasteiger partial charge in [-0.1, -0.05) is 0 Å². The highest BCUT2D eigenvalue weighted by Gasteiger charge is 2.42. The molecule has 0 amide bonds. The highest BCUT2D eigenvalue weighted by Crippen LogP contribution is 2.28. The molecule has 4 nitrogen and oxygen atoms in total. The van der Waals surface area contributed by atoms with Gasteiger partial charge in [0.2, 0.25) is 0 Å². The van der Waals surface area contributed by atoms with E-state index >= 15 is 0 Å². The van der Waals surface area contributed by atoms with E-state index in [1.54, 1.807) is 0 Å². The first-order valence-corrected chi connectivity index (χ1v) is 7.05. The van der Waals surface area contributed by atoms with Crippen molar-refractivity contribution in [2.75, 3.05) is 24.6 Å². The summed E-state index contributed by atoms with van der Waals surface area (Å²) < 4.78 is 0. The summed E-state index contributed by atoms with van der Waals surface area (Å²) in [5.41, 5.74) is -1.51. The first kappa shape index (κ1) is 12.2. The molecule has 0 aromatic rings. The SMILES string of the molecule is O=C(O)C1(O)CCCN(C2CCSCC2)C1. The van der Waals surface area contributed by atoms with Crippen LogP contribution in [-0.2, 0) is 4.79 Å². The smallest absolute Gasteiger partial charge is 0.337 e. The highest BCUT2D eigenvalue weighted by molar-refractivity contribution is 7.99. The largest absolute Gasteiger partial charge is 0.479 e. The lowest BCUT2D eigenvalue weighted by Gasteiger charge is -2.42. The Morgan fingerprint density at radius 3 is 2.69 bits per heavy atom. The number of carbonyl (C=O) groups is 1. The van der Waals surface area contributed by atoms with E-state index in [1.807, 2.05) is 11.8 Å². The number of rotatable bonds is 2. The second kappa shape index (κ2) is 4.94. The lowest BCUT2D eigenvalue weighted by atomic mass is 9.91. The van der Waals surface area contributed by atoms with Crippen LogP contribution in [0.1, 0.15) is 25.7 Å². The predicted molar refractivity (Wildman–Crippen MR) is 63.7 cm³/mol. The third-order valence-electron chi connectivity index (χ3n) is 3.61. The summed E-state index contributed by atoms with van der Waals surface area (Å²) in [5, 5.41) is 19.0. The van der Waals surface area contributed by atoms with Crippen LogP contribution < -0.4 is 0 Å². The number of hydrogen-bond acceptors (Lipinski definition) is 4. The van der Waals surface area contributed by atoms with Gasteiger partial charge in [-0.25, -0.2) is 4.79 Å². The number of thioether (sulfide) groups is 1. The highest BCUT2D eigenvalue weighted by atomic mass is 32.2. The monoisotopic (exact) mass is 245 g/mol. The number of carboxylic acid groups (broad SMARTS) is 1. The number of carboxylic acids is 1. The second-order valence-corrected chi connectivity index (χ2v) is 5.98. The predicted octanol–water partition coefficient (Wildman–Crippen LogP) is 0.794. The van der Waals surface area contributed by atoms with Crippen LogP contribution in [0.25, 0.3) is 0 Å². The van der Waals surface area contributed by atoms with Gasteiger partial charge in [-0.2, -0.15) is 11.8 Å². The van der Waals surface area contributed by atoms with E-state index in [-0.39, 0.29) is 0 Å². The normalized spacial score (nSPS) is 33.8. The summed E-state index contributed by atoms with van der Waals surface area (Å²) in [7, 11) is 0. The van der Waals surface area contributed by atoms with Crippen molar-refractivity contribution in [3.8, 4) is 0 Å². The Morgan fingerprint density at radius 1 is 1.38 bits per heavy atom. The first-order valence-electron chi connectivity index (χ1n) is 5.89. The first-order chi connectivity index (χ1) is 7.62. The van der Waals surface area contributed by atoms with Gasteiger partial charge < -0.3 is 10.2 Å². The maximum absolute atomic E-state index is 11.0. The Bertz CT molecular complexity index is 268. The molecule has 0 saturated carbocycles. The van der Waals surface area contributed by atoms with Crippen LogP contribution in [0, 0.1) is 0 Å². The summed E-state index contributed by atoms with van der Waals surface area (Å²) >= 11 is 1.96. The Morgan fingerprint density at radius 2 is 2.06 bits per heavy atom. The van der Waals surface area contributed by atoms with E-state index in [1.165, 1.54) is 0 Å². The number of aliphatic carboxylic acids is 1. The quantitative estimate of drug-likeness (QED) is 0.753. The molecule has 0 aromatic carbocycles. The van der Waals surface area contributed by atoms with Crippen LogP contribution in [0.15, 0.2) is 0 Å². The summed E-state index contributed by atoms with van der Waals surface area (Å²) in [4.78, 5) is 13.2. The average molecular weight is 245 g/mol. The molecule has 0 radical (unpaired) electrons. The molecule has 2 saturated heterocycles. The van der Waals surface area contributed by atoms with E-state index in [4.69, 9.17) is 5.11 Å². The van der Waals surface area contributed by atoms with Gasteiger partial charge in [0.1, 0.15) is 0 Å². The van der Waals surface area contributed by atoms with Crippen molar-refractivity contribution in [1.82, 2.24) is 4.90 Å². The van der Waals surface area contributed by atoms with E-state index < -0.39 is 11.6 Å². The fourth-order valence-electron chi connectivity index (χ4n) is 2.61. The summed E-state index contributed by atoms with van der Waals surface area (Å²) in [6, 6.07) is 0.479. The maximum atomic E-state index is 11.0. The van der Waals surface area contributed by atoms with Gasteiger partial charge in [-0.15, -0.1) is 0 Å². The van der Waals surface area contributed by atoms with Crippen LogP contribution in [-0.4, -0.2) is 57.3 Å². The van der Waals surface area contributed by atoms with Crippen molar-refractivity contribution >= 4 is 17.7 Å². The van der Waals surface area contributed by atoms with E-state index in [2.05, 4.69) is 4.90 Å². The number of aliphatic hydroxyl groups is 1. The molecule has 0 aromatic heterocycles. The number of likely N-dealkylation sites (tertiary alicyclic amines) is 1. The minimum Gasteiger partial charge on any atom is -0.479 e. The van der Waals surface area contributed by atoms with E-state index in [9.17, 15) is 9.90 Å². The third-order valence-corrected chi connectivity index (χ3v) is 4.65. The van der Waals surface area contributed by atoms with Gasteiger partial charge in [0.25, 0.3) is 0 Å². The third kappa shape index (κ3) is 2.52. The molecule has 92 valence electrons.